The number of hydrogen-bond acceptors (Lipinski definition) is 4. The van der Waals surface area contributed by atoms with E-state index in [0.717, 1.165) is 47.6 Å². The molecule has 152 valence electrons. The van der Waals surface area contributed by atoms with Gasteiger partial charge in [0.05, 0.1) is 29.0 Å². The molecule has 1 saturated heterocycles. The summed E-state index contributed by atoms with van der Waals surface area (Å²) in [7, 11) is 0. The maximum absolute atomic E-state index is 13.1. The number of hydrogen-bond donors (Lipinski definition) is 1. The van der Waals surface area contributed by atoms with Crippen molar-refractivity contribution in [2.75, 3.05) is 19.6 Å². The SMILES string of the molecule is Cc1cc(C)n(Cc2cc(C(=O)NC(C)CN3CCCC3)c3ccccc3n2)n1. The number of rotatable bonds is 6. The summed E-state index contributed by atoms with van der Waals surface area (Å²) in [6.07, 6.45) is 2.51. The Kier molecular flexibility index (Phi) is 5.62. The van der Waals surface area contributed by atoms with Crippen LogP contribution in [-0.4, -0.2) is 51.2 Å². The molecule has 0 spiro atoms. The van der Waals surface area contributed by atoms with E-state index < -0.39 is 0 Å². The monoisotopic (exact) mass is 391 g/mol. The fraction of sp³-hybridized carbons (Fsp3) is 0.435. The van der Waals surface area contributed by atoms with Crippen molar-refractivity contribution in [2.45, 2.75) is 46.2 Å². The first-order valence-corrected chi connectivity index (χ1v) is 10.4. The van der Waals surface area contributed by atoms with E-state index in [9.17, 15) is 4.79 Å². The van der Waals surface area contributed by atoms with Gasteiger partial charge in [-0.25, -0.2) is 0 Å². The standard InChI is InChI=1S/C23H29N5O/c1-16-12-18(3)28(26-16)15-19-13-21(20-8-4-5-9-22(20)25-19)23(29)24-17(2)14-27-10-6-7-11-27/h4-5,8-9,12-13,17H,6-7,10-11,14-15H2,1-3H3,(H,24,29). The molecule has 1 aliphatic heterocycles. The van der Waals surface area contributed by atoms with E-state index in [1.807, 2.05) is 48.9 Å². The van der Waals surface area contributed by atoms with Gasteiger partial charge >= 0.3 is 0 Å². The van der Waals surface area contributed by atoms with Gasteiger partial charge in [-0.3, -0.25) is 14.5 Å². The van der Waals surface area contributed by atoms with Gasteiger partial charge in [0.1, 0.15) is 0 Å². The average Bonchev–Trinajstić information content (AvgIpc) is 3.30. The van der Waals surface area contributed by atoms with Crippen LogP contribution < -0.4 is 5.32 Å². The number of likely N-dealkylation sites (tertiary alicyclic amines) is 1. The number of para-hydroxylation sites is 1. The van der Waals surface area contributed by atoms with Crippen LogP contribution in [0.4, 0.5) is 0 Å². The zero-order valence-electron chi connectivity index (χ0n) is 17.5. The van der Waals surface area contributed by atoms with Crippen molar-refractivity contribution in [1.29, 1.82) is 0 Å². The quantitative estimate of drug-likeness (QED) is 0.700. The highest BCUT2D eigenvalue weighted by molar-refractivity contribution is 6.06. The molecule has 0 saturated carbocycles. The smallest absolute Gasteiger partial charge is 0.252 e. The van der Waals surface area contributed by atoms with Crippen LogP contribution in [0.15, 0.2) is 36.4 Å². The molecule has 0 radical (unpaired) electrons. The Morgan fingerprint density at radius 2 is 1.93 bits per heavy atom. The summed E-state index contributed by atoms with van der Waals surface area (Å²) in [6, 6.07) is 11.9. The van der Waals surface area contributed by atoms with Gasteiger partial charge in [0.25, 0.3) is 5.91 Å². The van der Waals surface area contributed by atoms with E-state index >= 15 is 0 Å². The summed E-state index contributed by atoms with van der Waals surface area (Å²) < 4.78 is 1.93. The summed E-state index contributed by atoms with van der Waals surface area (Å²) >= 11 is 0. The lowest BCUT2D eigenvalue weighted by molar-refractivity contribution is 0.0933. The van der Waals surface area contributed by atoms with Crippen LogP contribution in [0.1, 0.15) is 47.2 Å². The largest absolute Gasteiger partial charge is 0.348 e. The molecule has 1 aromatic carbocycles. The fourth-order valence-electron chi connectivity index (χ4n) is 4.19. The Morgan fingerprint density at radius 3 is 2.66 bits per heavy atom. The van der Waals surface area contributed by atoms with Crippen molar-refractivity contribution in [3.63, 3.8) is 0 Å². The molecule has 1 fully saturated rings. The average molecular weight is 392 g/mol. The molecule has 6 nitrogen and oxygen atoms in total. The van der Waals surface area contributed by atoms with Gasteiger partial charge in [-0.1, -0.05) is 18.2 Å². The number of nitrogens with one attached hydrogen (secondary N) is 1. The summed E-state index contributed by atoms with van der Waals surface area (Å²) in [5.41, 5.74) is 4.43. The summed E-state index contributed by atoms with van der Waals surface area (Å²) in [5, 5.41) is 8.61. The highest BCUT2D eigenvalue weighted by Crippen LogP contribution is 2.20. The van der Waals surface area contributed by atoms with Gasteiger partial charge in [0.15, 0.2) is 0 Å². The first-order chi connectivity index (χ1) is 14.0. The minimum Gasteiger partial charge on any atom is -0.348 e. The van der Waals surface area contributed by atoms with Crippen LogP contribution in [-0.2, 0) is 6.54 Å². The van der Waals surface area contributed by atoms with Crippen molar-refractivity contribution >= 4 is 16.8 Å². The van der Waals surface area contributed by atoms with E-state index in [2.05, 4.69) is 28.3 Å². The van der Waals surface area contributed by atoms with Gasteiger partial charge in [0, 0.05) is 23.7 Å². The lowest BCUT2D eigenvalue weighted by atomic mass is 10.1. The number of benzene rings is 1. The number of amides is 1. The van der Waals surface area contributed by atoms with Crippen LogP contribution in [0.25, 0.3) is 10.9 Å². The van der Waals surface area contributed by atoms with Crippen molar-refractivity contribution < 1.29 is 4.79 Å². The number of nitrogens with zero attached hydrogens (tertiary/aromatic N) is 4. The first-order valence-electron chi connectivity index (χ1n) is 10.4. The van der Waals surface area contributed by atoms with E-state index in [4.69, 9.17) is 4.98 Å². The molecule has 2 aromatic heterocycles. The van der Waals surface area contributed by atoms with E-state index in [1.165, 1.54) is 12.8 Å². The van der Waals surface area contributed by atoms with E-state index in [1.54, 1.807) is 0 Å². The van der Waals surface area contributed by atoms with E-state index in [0.29, 0.717) is 12.1 Å². The fourth-order valence-corrected chi connectivity index (χ4v) is 4.19. The zero-order chi connectivity index (χ0) is 20.4. The molecule has 3 heterocycles. The lowest BCUT2D eigenvalue weighted by Crippen LogP contribution is -2.41. The molecule has 4 rings (SSSR count). The summed E-state index contributed by atoms with van der Waals surface area (Å²) in [5.74, 6) is -0.0371. The Balaban J connectivity index is 1.59. The number of pyridine rings is 1. The predicted octanol–water partition coefficient (Wildman–Crippen LogP) is 3.31. The van der Waals surface area contributed by atoms with Gasteiger partial charge in [-0.15, -0.1) is 0 Å². The minimum atomic E-state index is -0.0371. The first kappa shape index (κ1) is 19.6. The Labute approximate surface area is 171 Å². The highest BCUT2D eigenvalue weighted by Gasteiger charge is 2.19. The number of fused-ring (bicyclic) bond motifs is 1. The number of aryl methyl sites for hydroxylation is 2. The number of carbonyl (C=O) groups excluding carboxylic acids is 1. The molecule has 1 unspecified atom stereocenters. The van der Waals surface area contributed by atoms with Crippen LogP contribution in [0.3, 0.4) is 0 Å². The molecule has 1 N–H and O–H groups in total. The van der Waals surface area contributed by atoms with Gasteiger partial charge in [0.2, 0.25) is 0 Å². The van der Waals surface area contributed by atoms with Crippen LogP contribution in [0.2, 0.25) is 0 Å². The van der Waals surface area contributed by atoms with E-state index in [-0.39, 0.29) is 11.9 Å². The maximum atomic E-state index is 13.1. The minimum absolute atomic E-state index is 0.0371. The molecule has 3 aromatic rings. The van der Waals surface area contributed by atoms with Crippen molar-refractivity contribution in [2.24, 2.45) is 0 Å². The zero-order valence-corrected chi connectivity index (χ0v) is 17.5. The topological polar surface area (TPSA) is 63.1 Å². The molecule has 0 bridgehead atoms. The molecule has 1 amide bonds. The molecule has 6 heteroatoms. The Bertz CT molecular complexity index is 1020. The van der Waals surface area contributed by atoms with Crippen LogP contribution >= 0.6 is 0 Å². The molecule has 1 atom stereocenters. The Hall–Kier alpha value is -2.73. The molecular formula is C23H29N5O. The third kappa shape index (κ3) is 4.48. The second-order valence-electron chi connectivity index (χ2n) is 8.15. The maximum Gasteiger partial charge on any atom is 0.252 e. The Morgan fingerprint density at radius 1 is 1.17 bits per heavy atom. The van der Waals surface area contributed by atoms with Gasteiger partial charge < -0.3 is 10.2 Å². The molecule has 29 heavy (non-hydrogen) atoms. The summed E-state index contributed by atoms with van der Waals surface area (Å²) in [6.45, 7) is 9.81. The normalized spacial score (nSPS) is 15.7. The second kappa shape index (κ2) is 8.33. The highest BCUT2D eigenvalue weighted by atomic mass is 16.1. The molecule has 0 aliphatic carbocycles. The van der Waals surface area contributed by atoms with Crippen molar-refractivity contribution in [1.82, 2.24) is 25.0 Å². The molecular weight excluding hydrogens is 362 g/mol. The number of aromatic nitrogens is 3. The second-order valence-corrected chi connectivity index (χ2v) is 8.15. The van der Waals surface area contributed by atoms with Gasteiger partial charge in [-0.05, 0) is 64.9 Å². The summed E-state index contributed by atoms with van der Waals surface area (Å²) in [4.78, 5) is 20.3. The predicted molar refractivity (Wildman–Crippen MR) is 115 cm³/mol. The van der Waals surface area contributed by atoms with Crippen molar-refractivity contribution in [3.8, 4) is 0 Å². The lowest BCUT2D eigenvalue weighted by Gasteiger charge is -2.21. The van der Waals surface area contributed by atoms with Crippen LogP contribution in [0.5, 0.6) is 0 Å². The van der Waals surface area contributed by atoms with Gasteiger partial charge in [-0.2, -0.15) is 5.10 Å². The third-order valence-corrected chi connectivity index (χ3v) is 5.54. The molecule has 1 aliphatic rings. The third-order valence-electron chi connectivity index (χ3n) is 5.54. The van der Waals surface area contributed by atoms with Crippen molar-refractivity contribution in [3.05, 3.63) is 59.0 Å². The van der Waals surface area contributed by atoms with Crippen LogP contribution in [0, 0.1) is 13.8 Å². The number of carbonyl (C=O) groups is 1.